The minimum absolute atomic E-state index is 0.152. The zero-order chi connectivity index (χ0) is 12.3. The predicted octanol–water partition coefficient (Wildman–Crippen LogP) is 0.240. The summed E-state index contributed by atoms with van der Waals surface area (Å²) in [7, 11) is 3.03. The molecule has 1 rings (SSSR count). The molecule has 0 aliphatic rings. The van der Waals surface area contributed by atoms with Gasteiger partial charge in [-0.1, -0.05) is 4.74 Å². The Hall–Kier alpha value is -1.21. The molecular formula is C9H14N2O4S. The number of amides is 1. The van der Waals surface area contributed by atoms with Crippen molar-refractivity contribution in [3.05, 3.63) is 22.2 Å². The molecule has 1 aromatic heterocycles. The fourth-order valence-electron chi connectivity index (χ4n) is 1.03. The van der Waals surface area contributed by atoms with Gasteiger partial charge in [0.2, 0.25) is 0 Å². The molecule has 0 spiro atoms. The maximum atomic E-state index is 11.5. The first-order chi connectivity index (χ1) is 7.45. The van der Waals surface area contributed by atoms with Gasteiger partial charge in [0.05, 0.1) is 6.07 Å². The van der Waals surface area contributed by atoms with Gasteiger partial charge >= 0.3 is 6.03 Å². The molecule has 16 heavy (non-hydrogen) atoms. The van der Waals surface area contributed by atoms with Crippen LogP contribution in [0.2, 0.25) is 0 Å². The van der Waals surface area contributed by atoms with Gasteiger partial charge in [-0.15, -0.1) is 0 Å². The third-order valence-corrected chi connectivity index (χ3v) is 3.13. The van der Waals surface area contributed by atoms with Gasteiger partial charge in [0.1, 0.15) is 5.75 Å². The van der Waals surface area contributed by atoms with Crippen LogP contribution in [0.3, 0.4) is 0 Å². The van der Waals surface area contributed by atoms with Gasteiger partial charge in [-0.2, -0.15) is 0 Å². The Morgan fingerprint density at radius 2 is 2.25 bits per heavy atom. The molecule has 0 radical (unpaired) electrons. The van der Waals surface area contributed by atoms with Gasteiger partial charge in [-0.25, -0.2) is 4.79 Å². The highest BCUT2D eigenvalue weighted by Crippen LogP contribution is 2.05. The van der Waals surface area contributed by atoms with E-state index in [1.807, 2.05) is 0 Å². The fourth-order valence-corrected chi connectivity index (χ4v) is 1.69. The molecule has 0 aromatic carbocycles. The standard InChI is InChI=1S/C9H14N2O4S/c1-4-16(14)6-7-5-8(12)11(15-7)9(13)10(2)3/h5H,4,6H2,1-3H3. The number of carbonyl (C=O) groups excluding carboxylic acids is 1. The van der Waals surface area contributed by atoms with Crippen LogP contribution in [0.1, 0.15) is 12.7 Å². The highest BCUT2D eigenvalue weighted by molar-refractivity contribution is 7.90. The average Bonchev–Trinajstić information content (AvgIpc) is 2.57. The Kier molecular flexibility index (Phi) is 4.19. The van der Waals surface area contributed by atoms with Gasteiger partial charge in [0.15, 0.2) is 11.5 Å². The lowest BCUT2D eigenvalue weighted by Crippen LogP contribution is -2.32. The van der Waals surface area contributed by atoms with E-state index in [-0.39, 0.29) is 11.5 Å². The molecule has 0 bridgehead atoms. The number of aromatic nitrogens is 1. The van der Waals surface area contributed by atoms with Crippen molar-refractivity contribution in [2.45, 2.75) is 12.7 Å². The SMILES string of the molecule is CC[S+]([O-])Cc1cc(=O)n(C(=O)N(C)C)o1. The molecule has 0 fully saturated rings. The van der Waals surface area contributed by atoms with Crippen LogP contribution in [-0.2, 0) is 16.9 Å². The van der Waals surface area contributed by atoms with E-state index in [0.29, 0.717) is 10.5 Å². The second-order valence-electron chi connectivity index (χ2n) is 3.38. The number of hydrogen-bond donors (Lipinski definition) is 0. The smallest absolute Gasteiger partial charge is 0.360 e. The minimum Gasteiger partial charge on any atom is -0.616 e. The molecule has 0 saturated heterocycles. The summed E-state index contributed by atoms with van der Waals surface area (Å²) in [5.74, 6) is 0.899. The first-order valence-electron chi connectivity index (χ1n) is 4.74. The van der Waals surface area contributed by atoms with Gasteiger partial charge in [0, 0.05) is 14.1 Å². The molecule has 1 heterocycles. The van der Waals surface area contributed by atoms with Gasteiger partial charge in [-0.3, -0.25) is 4.79 Å². The monoisotopic (exact) mass is 246 g/mol. The Bertz CT molecular complexity index is 423. The summed E-state index contributed by atoms with van der Waals surface area (Å²) in [6.07, 6.45) is 0. The van der Waals surface area contributed by atoms with Crippen molar-refractivity contribution >= 4 is 17.2 Å². The van der Waals surface area contributed by atoms with Crippen LogP contribution in [-0.4, -0.2) is 40.1 Å². The van der Waals surface area contributed by atoms with Gasteiger partial charge < -0.3 is 14.0 Å². The zero-order valence-corrected chi connectivity index (χ0v) is 10.2. The molecule has 1 unspecified atom stereocenters. The lowest BCUT2D eigenvalue weighted by Gasteiger charge is -2.08. The first kappa shape index (κ1) is 12.9. The Morgan fingerprint density at radius 1 is 1.62 bits per heavy atom. The summed E-state index contributed by atoms with van der Waals surface area (Å²) in [4.78, 5) is 24.1. The average molecular weight is 246 g/mol. The molecule has 0 N–H and O–H groups in total. The van der Waals surface area contributed by atoms with Crippen LogP contribution in [0, 0.1) is 0 Å². The third kappa shape index (κ3) is 2.89. The lowest BCUT2D eigenvalue weighted by molar-refractivity contribution is 0.181. The van der Waals surface area contributed by atoms with E-state index >= 15 is 0 Å². The van der Waals surface area contributed by atoms with Crippen molar-refractivity contribution in [1.29, 1.82) is 0 Å². The van der Waals surface area contributed by atoms with Crippen molar-refractivity contribution in [2.75, 3.05) is 19.8 Å². The molecule has 0 saturated carbocycles. The van der Waals surface area contributed by atoms with E-state index in [0.717, 1.165) is 0 Å². The predicted molar refractivity (Wildman–Crippen MR) is 59.8 cm³/mol. The van der Waals surface area contributed by atoms with Crippen molar-refractivity contribution in [3.8, 4) is 0 Å². The Balaban J connectivity index is 2.90. The van der Waals surface area contributed by atoms with Crippen LogP contribution in [0.5, 0.6) is 0 Å². The summed E-state index contributed by atoms with van der Waals surface area (Å²) in [5, 5.41) is 0. The summed E-state index contributed by atoms with van der Waals surface area (Å²) in [6.45, 7) is 1.77. The molecule has 1 amide bonds. The summed E-state index contributed by atoms with van der Waals surface area (Å²) in [5.41, 5.74) is -0.540. The maximum Gasteiger partial charge on any atom is 0.360 e. The number of nitrogens with zero attached hydrogens (tertiary/aromatic N) is 2. The topological polar surface area (TPSA) is 78.5 Å². The number of rotatable bonds is 3. The highest BCUT2D eigenvalue weighted by atomic mass is 32.2. The molecule has 6 nitrogen and oxygen atoms in total. The molecule has 1 aromatic rings. The van der Waals surface area contributed by atoms with Crippen LogP contribution in [0.4, 0.5) is 4.79 Å². The molecular weight excluding hydrogens is 232 g/mol. The second-order valence-corrected chi connectivity index (χ2v) is 5.13. The summed E-state index contributed by atoms with van der Waals surface area (Å²) >= 11 is -1.07. The maximum absolute atomic E-state index is 11.5. The van der Waals surface area contributed by atoms with Crippen molar-refractivity contribution in [1.82, 2.24) is 9.64 Å². The van der Waals surface area contributed by atoms with Crippen LogP contribution < -0.4 is 5.56 Å². The zero-order valence-electron chi connectivity index (χ0n) is 9.43. The molecule has 90 valence electrons. The van der Waals surface area contributed by atoms with E-state index in [1.165, 1.54) is 25.1 Å². The van der Waals surface area contributed by atoms with Crippen molar-refractivity contribution < 1.29 is 13.9 Å². The normalized spacial score (nSPS) is 12.5. The fraction of sp³-hybridized carbons (Fsp3) is 0.556. The van der Waals surface area contributed by atoms with E-state index in [2.05, 4.69) is 0 Å². The van der Waals surface area contributed by atoms with E-state index < -0.39 is 22.8 Å². The molecule has 0 aliphatic carbocycles. The van der Waals surface area contributed by atoms with Crippen molar-refractivity contribution in [3.63, 3.8) is 0 Å². The van der Waals surface area contributed by atoms with Crippen molar-refractivity contribution in [2.24, 2.45) is 0 Å². The summed E-state index contributed by atoms with van der Waals surface area (Å²) in [6, 6.07) is 0.633. The van der Waals surface area contributed by atoms with Crippen LogP contribution in [0.25, 0.3) is 0 Å². The number of hydrogen-bond acceptors (Lipinski definition) is 4. The van der Waals surface area contributed by atoms with Gasteiger partial charge in [-0.05, 0) is 18.1 Å². The van der Waals surface area contributed by atoms with E-state index in [9.17, 15) is 14.1 Å². The number of carbonyl (C=O) groups is 1. The quantitative estimate of drug-likeness (QED) is 0.716. The minimum atomic E-state index is -1.07. The second kappa shape index (κ2) is 5.22. The van der Waals surface area contributed by atoms with Crippen LogP contribution >= 0.6 is 0 Å². The van der Waals surface area contributed by atoms with Crippen LogP contribution in [0.15, 0.2) is 15.4 Å². The molecule has 7 heteroatoms. The largest absolute Gasteiger partial charge is 0.616 e. The molecule has 0 aliphatic heterocycles. The van der Waals surface area contributed by atoms with Gasteiger partial charge in [0.25, 0.3) is 5.56 Å². The highest BCUT2D eigenvalue weighted by Gasteiger charge is 2.17. The third-order valence-electron chi connectivity index (χ3n) is 1.87. The Labute approximate surface area is 96.0 Å². The summed E-state index contributed by atoms with van der Waals surface area (Å²) < 4.78 is 16.9. The molecule has 1 atom stereocenters. The Morgan fingerprint density at radius 3 is 2.75 bits per heavy atom. The lowest BCUT2D eigenvalue weighted by atomic mass is 10.5. The van der Waals surface area contributed by atoms with E-state index in [4.69, 9.17) is 4.52 Å². The van der Waals surface area contributed by atoms with E-state index in [1.54, 1.807) is 6.92 Å². The first-order valence-corrected chi connectivity index (χ1v) is 6.23.